The minimum absolute atomic E-state index is 0.572. The van der Waals surface area contributed by atoms with Gasteiger partial charge in [-0.2, -0.15) is 13.2 Å². The van der Waals surface area contributed by atoms with Gasteiger partial charge in [-0.25, -0.2) is 0 Å². The average Bonchev–Trinajstić information content (AvgIpc) is 2.38. The summed E-state index contributed by atoms with van der Waals surface area (Å²) in [7, 11) is 1.52. The zero-order valence-corrected chi connectivity index (χ0v) is 9.53. The van der Waals surface area contributed by atoms with Crippen molar-refractivity contribution in [2.45, 2.75) is 6.18 Å². The van der Waals surface area contributed by atoms with Gasteiger partial charge in [-0.15, -0.1) is 0 Å². The maximum atomic E-state index is 12.4. The molecule has 0 radical (unpaired) electrons. The van der Waals surface area contributed by atoms with Crippen molar-refractivity contribution < 1.29 is 17.9 Å². The Balaban J connectivity index is 2.34. The highest BCUT2D eigenvalue weighted by molar-refractivity contribution is 5.61. The van der Waals surface area contributed by atoms with Gasteiger partial charge in [0, 0.05) is 17.8 Å². The van der Waals surface area contributed by atoms with Gasteiger partial charge in [-0.05, 0) is 18.2 Å². The molecular weight excluding hydrogens is 243 g/mol. The molecule has 0 aliphatic heterocycles. The summed E-state index contributed by atoms with van der Waals surface area (Å²) >= 11 is 0. The van der Waals surface area contributed by atoms with Crippen LogP contribution in [0.25, 0.3) is 11.3 Å². The van der Waals surface area contributed by atoms with Gasteiger partial charge in [-0.1, -0.05) is 12.1 Å². The van der Waals surface area contributed by atoms with Crippen LogP contribution in [0.2, 0.25) is 0 Å². The topological polar surface area (TPSA) is 22.1 Å². The summed E-state index contributed by atoms with van der Waals surface area (Å²) in [6.07, 6.45) is -2.77. The van der Waals surface area contributed by atoms with E-state index < -0.39 is 11.7 Å². The summed E-state index contributed by atoms with van der Waals surface area (Å²) in [5.74, 6) is 0.611. The normalized spacial score (nSPS) is 11.3. The summed E-state index contributed by atoms with van der Waals surface area (Å²) in [6, 6.07) is 8.21. The lowest BCUT2D eigenvalue weighted by atomic mass is 10.1. The molecular formula is C13H10F3NO. The fourth-order valence-corrected chi connectivity index (χ4v) is 1.53. The Bertz CT molecular complexity index is 535. The van der Waals surface area contributed by atoms with Crippen molar-refractivity contribution in [3.05, 3.63) is 48.2 Å². The lowest BCUT2D eigenvalue weighted by Crippen LogP contribution is -2.04. The van der Waals surface area contributed by atoms with Gasteiger partial charge in [-0.3, -0.25) is 4.98 Å². The third kappa shape index (κ3) is 2.61. The van der Waals surface area contributed by atoms with E-state index in [4.69, 9.17) is 4.74 Å². The predicted octanol–water partition coefficient (Wildman–Crippen LogP) is 3.78. The predicted molar refractivity (Wildman–Crippen MR) is 61.2 cm³/mol. The van der Waals surface area contributed by atoms with Crippen LogP contribution in [-0.4, -0.2) is 12.1 Å². The second kappa shape index (κ2) is 4.68. The maximum absolute atomic E-state index is 12.4. The number of alkyl halides is 3. The number of methoxy groups -OCH3 is 1. The van der Waals surface area contributed by atoms with Gasteiger partial charge < -0.3 is 4.74 Å². The summed E-state index contributed by atoms with van der Waals surface area (Å²) in [6.45, 7) is 0. The van der Waals surface area contributed by atoms with Crippen LogP contribution in [0.5, 0.6) is 5.75 Å². The van der Waals surface area contributed by atoms with E-state index in [1.165, 1.54) is 19.2 Å². The van der Waals surface area contributed by atoms with Crippen LogP contribution in [0.3, 0.4) is 0 Å². The van der Waals surface area contributed by atoms with E-state index in [2.05, 4.69) is 4.98 Å². The third-order valence-corrected chi connectivity index (χ3v) is 2.48. The van der Waals surface area contributed by atoms with Crippen LogP contribution in [0.1, 0.15) is 5.56 Å². The molecule has 18 heavy (non-hydrogen) atoms. The van der Waals surface area contributed by atoms with Gasteiger partial charge in [0.1, 0.15) is 5.75 Å². The number of hydrogen-bond acceptors (Lipinski definition) is 2. The number of benzene rings is 1. The van der Waals surface area contributed by atoms with Gasteiger partial charge in [0.25, 0.3) is 0 Å². The van der Waals surface area contributed by atoms with Crippen molar-refractivity contribution in [1.29, 1.82) is 0 Å². The molecule has 0 saturated heterocycles. The Morgan fingerprint density at radius 1 is 1.06 bits per heavy atom. The zero-order chi connectivity index (χ0) is 13.2. The molecule has 0 spiro atoms. The Hall–Kier alpha value is -2.04. The highest BCUT2D eigenvalue weighted by Crippen LogP contribution is 2.31. The molecule has 2 nitrogen and oxygen atoms in total. The number of pyridine rings is 1. The van der Waals surface area contributed by atoms with Crippen LogP contribution in [0.4, 0.5) is 13.2 Å². The first-order valence-electron chi connectivity index (χ1n) is 5.18. The lowest BCUT2D eigenvalue weighted by Gasteiger charge is -2.08. The van der Waals surface area contributed by atoms with Crippen molar-refractivity contribution in [3.8, 4) is 17.0 Å². The molecule has 0 saturated carbocycles. The summed E-state index contributed by atoms with van der Waals surface area (Å²) in [4.78, 5) is 4.09. The van der Waals surface area contributed by atoms with Gasteiger partial charge in [0.15, 0.2) is 0 Å². The molecule has 0 bridgehead atoms. The Morgan fingerprint density at radius 3 is 2.28 bits per heavy atom. The molecule has 0 unspecified atom stereocenters. The molecule has 0 aliphatic rings. The van der Waals surface area contributed by atoms with Crippen molar-refractivity contribution in [2.75, 3.05) is 7.11 Å². The van der Waals surface area contributed by atoms with Crippen LogP contribution in [-0.2, 0) is 6.18 Å². The van der Waals surface area contributed by atoms with Crippen molar-refractivity contribution >= 4 is 0 Å². The molecule has 0 amide bonds. The van der Waals surface area contributed by atoms with Crippen LogP contribution in [0.15, 0.2) is 42.6 Å². The van der Waals surface area contributed by atoms with Crippen molar-refractivity contribution in [2.24, 2.45) is 0 Å². The highest BCUT2D eigenvalue weighted by atomic mass is 19.4. The summed E-state index contributed by atoms with van der Waals surface area (Å²) in [5, 5.41) is 0. The van der Waals surface area contributed by atoms with E-state index in [-0.39, 0.29) is 0 Å². The number of aromatic nitrogens is 1. The fourth-order valence-electron chi connectivity index (χ4n) is 1.53. The number of rotatable bonds is 2. The minimum Gasteiger partial charge on any atom is -0.497 e. The van der Waals surface area contributed by atoms with E-state index in [0.29, 0.717) is 17.0 Å². The van der Waals surface area contributed by atoms with E-state index in [1.807, 2.05) is 0 Å². The van der Waals surface area contributed by atoms with E-state index in [1.54, 1.807) is 18.3 Å². The fraction of sp³-hybridized carbons (Fsp3) is 0.154. The Labute approximate surface area is 102 Å². The van der Waals surface area contributed by atoms with Crippen LogP contribution < -0.4 is 4.74 Å². The quantitative estimate of drug-likeness (QED) is 0.812. The molecule has 94 valence electrons. The molecule has 1 aromatic carbocycles. The molecule has 0 atom stereocenters. The van der Waals surface area contributed by atoms with Crippen LogP contribution >= 0.6 is 0 Å². The number of hydrogen-bond donors (Lipinski definition) is 0. The molecule has 2 rings (SSSR count). The van der Waals surface area contributed by atoms with Crippen molar-refractivity contribution in [3.63, 3.8) is 0 Å². The molecule has 0 fully saturated rings. The zero-order valence-electron chi connectivity index (χ0n) is 9.53. The second-order valence-electron chi connectivity index (χ2n) is 3.66. The van der Waals surface area contributed by atoms with E-state index in [9.17, 15) is 13.2 Å². The minimum atomic E-state index is -4.32. The molecule has 1 heterocycles. The van der Waals surface area contributed by atoms with E-state index in [0.717, 1.165) is 12.1 Å². The number of nitrogens with zero attached hydrogens (tertiary/aromatic N) is 1. The average molecular weight is 253 g/mol. The largest absolute Gasteiger partial charge is 0.497 e. The lowest BCUT2D eigenvalue weighted by molar-refractivity contribution is -0.137. The van der Waals surface area contributed by atoms with Gasteiger partial charge in [0.2, 0.25) is 0 Å². The van der Waals surface area contributed by atoms with Crippen LogP contribution in [0, 0.1) is 0 Å². The third-order valence-electron chi connectivity index (χ3n) is 2.48. The monoisotopic (exact) mass is 253 g/mol. The number of halogens is 3. The molecule has 5 heteroatoms. The van der Waals surface area contributed by atoms with E-state index >= 15 is 0 Å². The second-order valence-corrected chi connectivity index (χ2v) is 3.66. The number of ether oxygens (including phenoxy) is 1. The standard InChI is InChI=1S/C13H10F3NO/c1-18-11-6-7-17-12(8-11)9-2-4-10(5-3-9)13(14,15)16/h2-8H,1H3. The van der Waals surface area contributed by atoms with Gasteiger partial charge >= 0.3 is 6.18 Å². The van der Waals surface area contributed by atoms with Gasteiger partial charge in [0.05, 0.1) is 18.4 Å². The maximum Gasteiger partial charge on any atom is 0.416 e. The Morgan fingerprint density at radius 2 is 1.72 bits per heavy atom. The smallest absolute Gasteiger partial charge is 0.416 e. The first kappa shape index (κ1) is 12.4. The SMILES string of the molecule is COc1ccnc(-c2ccc(C(F)(F)F)cc2)c1. The summed E-state index contributed by atoms with van der Waals surface area (Å²) < 4.78 is 42.2. The summed E-state index contributed by atoms with van der Waals surface area (Å²) in [5.41, 5.74) is 0.513. The molecule has 0 N–H and O–H groups in total. The molecule has 0 aliphatic carbocycles. The van der Waals surface area contributed by atoms with Crippen molar-refractivity contribution in [1.82, 2.24) is 4.98 Å². The molecule has 2 aromatic rings. The molecule has 1 aromatic heterocycles. The first-order valence-corrected chi connectivity index (χ1v) is 5.18. The first-order chi connectivity index (χ1) is 8.50. The Kier molecular flexibility index (Phi) is 3.23. The highest BCUT2D eigenvalue weighted by Gasteiger charge is 2.29.